The molecule has 1 atom stereocenters. The van der Waals surface area contributed by atoms with Crippen molar-refractivity contribution in [3.05, 3.63) is 54.1 Å². The standard InChI is InChI=1S/C18H17N3O2S/c1-12(18(23)21-16-5-3-14(11-19)4-6-16)24-17-9-7-15(8-10-17)20-13(2)22/h3-10,12H,1-2H3,(H,20,22)(H,21,23)/t12-/m0/s1. The van der Waals surface area contributed by atoms with E-state index in [9.17, 15) is 9.59 Å². The Morgan fingerprint density at radius 1 is 1.00 bits per heavy atom. The number of rotatable bonds is 5. The first-order valence-electron chi connectivity index (χ1n) is 7.33. The number of carbonyl (C=O) groups excluding carboxylic acids is 2. The van der Waals surface area contributed by atoms with E-state index < -0.39 is 0 Å². The number of carbonyl (C=O) groups is 2. The first-order chi connectivity index (χ1) is 11.5. The molecule has 24 heavy (non-hydrogen) atoms. The van der Waals surface area contributed by atoms with Gasteiger partial charge in [-0.05, 0) is 55.5 Å². The zero-order chi connectivity index (χ0) is 17.5. The van der Waals surface area contributed by atoms with E-state index in [4.69, 9.17) is 5.26 Å². The highest BCUT2D eigenvalue weighted by molar-refractivity contribution is 8.00. The topological polar surface area (TPSA) is 82.0 Å². The molecule has 0 heterocycles. The fraction of sp³-hybridized carbons (Fsp3) is 0.167. The first kappa shape index (κ1) is 17.6. The Hall–Kier alpha value is -2.78. The Bertz CT molecular complexity index is 764. The summed E-state index contributed by atoms with van der Waals surface area (Å²) in [7, 11) is 0. The minimum atomic E-state index is -0.285. The minimum absolute atomic E-state index is 0.115. The molecule has 2 rings (SSSR count). The largest absolute Gasteiger partial charge is 0.326 e. The van der Waals surface area contributed by atoms with E-state index in [1.807, 2.05) is 25.1 Å². The predicted molar refractivity (Wildman–Crippen MR) is 95.9 cm³/mol. The van der Waals surface area contributed by atoms with Crippen LogP contribution in [0.2, 0.25) is 0 Å². The van der Waals surface area contributed by atoms with Crippen LogP contribution in [-0.2, 0) is 9.59 Å². The fourth-order valence-electron chi connectivity index (χ4n) is 1.95. The third-order valence-corrected chi connectivity index (χ3v) is 4.25. The van der Waals surface area contributed by atoms with Crippen LogP contribution in [0.5, 0.6) is 0 Å². The molecule has 0 aromatic heterocycles. The lowest BCUT2D eigenvalue weighted by Crippen LogP contribution is -2.22. The maximum Gasteiger partial charge on any atom is 0.237 e. The van der Waals surface area contributed by atoms with Gasteiger partial charge in [0.2, 0.25) is 11.8 Å². The number of hydrogen-bond acceptors (Lipinski definition) is 4. The van der Waals surface area contributed by atoms with Gasteiger partial charge in [0.15, 0.2) is 0 Å². The normalized spacial score (nSPS) is 11.2. The molecule has 0 spiro atoms. The number of benzene rings is 2. The van der Waals surface area contributed by atoms with Crippen molar-refractivity contribution < 1.29 is 9.59 Å². The SMILES string of the molecule is CC(=O)Nc1ccc(S[C@@H](C)C(=O)Nc2ccc(C#N)cc2)cc1. The minimum Gasteiger partial charge on any atom is -0.326 e. The van der Waals surface area contributed by atoms with E-state index in [1.165, 1.54) is 18.7 Å². The third-order valence-electron chi connectivity index (χ3n) is 3.14. The van der Waals surface area contributed by atoms with Crippen LogP contribution in [0, 0.1) is 11.3 Å². The van der Waals surface area contributed by atoms with Crippen molar-refractivity contribution in [2.24, 2.45) is 0 Å². The van der Waals surface area contributed by atoms with Crippen molar-refractivity contribution in [3.63, 3.8) is 0 Å². The number of amides is 2. The van der Waals surface area contributed by atoms with E-state index in [2.05, 4.69) is 10.6 Å². The van der Waals surface area contributed by atoms with Crippen molar-refractivity contribution in [3.8, 4) is 6.07 Å². The highest BCUT2D eigenvalue weighted by Crippen LogP contribution is 2.25. The van der Waals surface area contributed by atoms with Gasteiger partial charge >= 0.3 is 0 Å². The van der Waals surface area contributed by atoms with Gasteiger partial charge in [0, 0.05) is 23.2 Å². The monoisotopic (exact) mass is 339 g/mol. The van der Waals surface area contributed by atoms with Crippen LogP contribution in [0.25, 0.3) is 0 Å². The summed E-state index contributed by atoms with van der Waals surface area (Å²) in [5.74, 6) is -0.235. The summed E-state index contributed by atoms with van der Waals surface area (Å²) < 4.78 is 0. The van der Waals surface area contributed by atoms with E-state index >= 15 is 0 Å². The summed E-state index contributed by atoms with van der Waals surface area (Å²) in [5.41, 5.74) is 1.93. The second-order valence-corrected chi connectivity index (χ2v) is 6.56. The smallest absolute Gasteiger partial charge is 0.237 e. The lowest BCUT2D eigenvalue weighted by Gasteiger charge is -2.12. The van der Waals surface area contributed by atoms with Gasteiger partial charge in [-0.2, -0.15) is 5.26 Å². The van der Waals surface area contributed by atoms with Crippen LogP contribution in [0.3, 0.4) is 0 Å². The van der Waals surface area contributed by atoms with Crippen molar-refractivity contribution in [1.82, 2.24) is 0 Å². The van der Waals surface area contributed by atoms with E-state index in [-0.39, 0.29) is 17.1 Å². The van der Waals surface area contributed by atoms with Crippen LogP contribution in [-0.4, -0.2) is 17.1 Å². The lowest BCUT2D eigenvalue weighted by molar-refractivity contribution is -0.115. The van der Waals surface area contributed by atoms with Gasteiger partial charge < -0.3 is 10.6 Å². The fourth-order valence-corrected chi connectivity index (χ4v) is 2.82. The maximum absolute atomic E-state index is 12.2. The summed E-state index contributed by atoms with van der Waals surface area (Å²) >= 11 is 1.43. The highest BCUT2D eigenvalue weighted by atomic mass is 32.2. The van der Waals surface area contributed by atoms with Crippen molar-refractivity contribution in [1.29, 1.82) is 5.26 Å². The number of anilines is 2. The highest BCUT2D eigenvalue weighted by Gasteiger charge is 2.14. The molecule has 0 aliphatic carbocycles. The van der Waals surface area contributed by atoms with Gasteiger partial charge in [0.1, 0.15) is 0 Å². The molecule has 0 fully saturated rings. The van der Waals surface area contributed by atoms with Crippen molar-refractivity contribution >= 4 is 35.0 Å². The molecule has 6 heteroatoms. The van der Waals surface area contributed by atoms with E-state index in [1.54, 1.807) is 36.4 Å². The summed E-state index contributed by atoms with van der Waals surface area (Å²) in [6.07, 6.45) is 0. The summed E-state index contributed by atoms with van der Waals surface area (Å²) in [6.45, 7) is 3.28. The summed E-state index contributed by atoms with van der Waals surface area (Å²) in [5, 5.41) is 14.0. The molecule has 0 unspecified atom stereocenters. The van der Waals surface area contributed by atoms with Gasteiger partial charge in [-0.25, -0.2) is 0 Å². The number of nitrogens with zero attached hydrogens (tertiary/aromatic N) is 1. The second-order valence-electron chi connectivity index (χ2n) is 5.14. The Morgan fingerprint density at radius 3 is 2.08 bits per heavy atom. The maximum atomic E-state index is 12.2. The van der Waals surface area contributed by atoms with Gasteiger partial charge in [0.05, 0.1) is 16.9 Å². The zero-order valence-corrected chi connectivity index (χ0v) is 14.2. The number of nitriles is 1. The second kappa shape index (κ2) is 8.18. The van der Waals surface area contributed by atoms with E-state index in [0.717, 1.165) is 10.6 Å². The third kappa shape index (κ3) is 5.14. The summed E-state index contributed by atoms with van der Waals surface area (Å²) in [4.78, 5) is 24.2. The van der Waals surface area contributed by atoms with Crippen molar-refractivity contribution in [2.75, 3.05) is 10.6 Å². The molecule has 2 aromatic rings. The molecule has 0 aliphatic heterocycles. The molecular formula is C18H17N3O2S. The zero-order valence-electron chi connectivity index (χ0n) is 13.4. The summed E-state index contributed by atoms with van der Waals surface area (Å²) in [6, 6.07) is 16.1. The average molecular weight is 339 g/mol. The Balaban J connectivity index is 1.93. The molecule has 0 radical (unpaired) electrons. The number of thioether (sulfide) groups is 1. The molecule has 0 saturated carbocycles. The molecule has 122 valence electrons. The molecule has 5 nitrogen and oxygen atoms in total. The Morgan fingerprint density at radius 2 is 1.54 bits per heavy atom. The lowest BCUT2D eigenvalue weighted by atomic mass is 10.2. The number of hydrogen-bond donors (Lipinski definition) is 2. The van der Waals surface area contributed by atoms with Gasteiger partial charge in [-0.3, -0.25) is 9.59 Å². The first-order valence-corrected chi connectivity index (χ1v) is 8.21. The quantitative estimate of drug-likeness (QED) is 0.815. The molecule has 0 aliphatic rings. The van der Waals surface area contributed by atoms with Crippen LogP contribution >= 0.6 is 11.8 Å². The predicted octanol–water partition coefficient (Wildman–Crippen LogP) is 3.64. The van der Waals surface area contributed by atoms with Gasteiger partial charge in [-0.1, -0.05) is 0 Å². The molecule has 2 amide bonds. The molecule has 0 bridgehead atoms. The van der Waals surface area contributed by atoms with Gasteiger partial charge in [-0.15, -0.1) is 11.8 Å². The van der Waals surface area contributed by atoms with E-state index in [0.29, 0.717) is 11.3 Å². The Labute approximate surface area is 145 Å². The van der Waals surface area contributed by atoms with Crippen LogP contribution in [0.15, 0.2) is 53.4 Å². The van der Waals surface area contributed by atoms with Crippen LogP contribution in [0.4, 0.5) is 11.4 Å². The Kier molecular flexibility index (Phi) is 5.99. The van der Waals surface area contributed by atoms with Crippen LogP contribution < -0.4 is 10.6 Å². The average Bonchev–Trinajstić information content (AvgIpc) is 2.56. The van der Waals surface area contributed by atoms with Gasteiger partial charge in [0.25, 0.3) is 0 Å². The molecule has 2 aromatic carbocycles. The molecule has 2 N–H and O–H groups in total. The van der Waals surface area contributed by atoms with Crippen molar-refractivity contribution in [2.45, 2.75) is 24.0 Å². The number of nitrogens with one attached hydrogen (secondary N) is 2. The molecular weight excluding hydrogens is 322 g/mol. The van der Waals surface area contributed by atoms with Crippen LogP contribution in [0.1, 0.15) is 19.4 Å². The molecule has 0 saturated heterocycles.